The monoisotopic (exact) mass is 354 g/mol. The summed E-state index contributed by atoms with van der Waals surface area (Å²) in [6.45, 7) is 3.75. The molecular formula is C15H18N2O6S. The molecule has 24 heavy (non-hydrogen) atoms. The first-order valence-corrected chi connectivity index (χ1v) is 8.67. The van der Waals surface area contributed by atoms with Gasteiger partial charge in [-0.25, -0.2) is 17.9 Å². The Balaban J connectivity index is 2.28. The highest BCUT2D eigenvalue weighted by Crippen LogP contribution is 2.16. The summed E-state index contributed by atoms with van der Waals surface area (Å²) in [6, 6.07) is 4.37. The number of nitrogens with one attached hydrogen (secondary N) is 1. The third-order valence-corrected chi connectivity index (χ3v) is 4.90. The number of carbonyl (C=O) groups is 2. The maximum atomic E-state index is 12.6. The van der Waals surface area contributed by atoms with Gasteiger partial charge in [-0.15, -0.1) is 6.58 Å². The van der Waals surface area contributed by atoms with Crippen LogP contribution in [0.5, 0.6) is 0 Å². The first-order valence-electron chi connectivity index (χ1n) is 7.19. The molecule has 2 N–H and O–H groups in total. The quantitative estimate of drug-likeness (QED) is 0.700. The second-order valence-corrected chi connectivity index (χ2v) is 6.86. The van der Waals surface area contributed by atoms with Crippen molar-refractivity contribution in [3.8, 4) is 0 Å². The number of aliphatic carboxylic acids is 1. The average Bonchev–Trinajstić information content (AvgIpc) is 2.59. The highest BCUT2D eigenvalue weighted by molar-refractivity contribution is 7.89. The lowest BCUT2D eigenvalue weighted by Crippen LogP contribution is -2.52. The average molecular weight is 354 g/mol. The molecule has 0 bridgehead atoms. The predicted octanol–water partition coefficient (Wildman–Crippen LogP) is 0.0765. The fourth-order valence-electron chi connectivity index (χ4n) is 2.27. The molecule has 0 saturated carbocycles. The predicted molar refractivity (Wildman–Crippen MR) is 85.1 cm³/mol. The Labute approximate surface area is 139 Å². The maximum absolute atomic E-state index is 12.6. The van der Waals surface area contributed by atoms with Gasteiger partial charge in [0.1, 0.15) is 0 Å². The maximum Gasteiger partial charge on any atom is 0.328 e. The Kier molecular flexibility index (Phi) is 5.71. The summed E-state index contributed by atoms with van der Waals surface area (Å²) in [4.78, 5) is 24.9. The van der Waals surface area contributed by atoms with Gasteiger partial charge in [-0.3, -0.25) is 4.79 Å². The van der Waals surface area contributed by atoms with E-state index in [2.05, 4.69) is 11.3 Å². The molecule has 9 heteroatoms. The van der Waals surface area contributed by atoms with Gasteiger partial charge >= 0.3 is 5.97 Å². The minimum Gasteiger partial charge on any atom is -0.480 e. The Morgan fingerprint density at radius 3 is 2.88 bits per heavy atom. The molecule has 0 aliphatic carbocycles. The molecule has 1 aliphatic rings. The van der Waals surface area contributed by atoms with Gasteiger partial charge < -0.3 is 14.7 Å². The van der Waals surface area contributed by atoms with E-state index in [0.717, 1.165) is 0 Å². The highest BCUT2D eigenvalue weighted by Gasteiger charge is 2.33. The van der Waals surface area contributed by atoms with Gasteiger partial charge in [-0.1, -0.05) is 12.1 Å². The standard InChI is InChI=1S/C15H18N2O6S/c1-2-6-16-24(21,22)12-5-3-4-11(9-12)14(18)17-7-8-23-10-13(17)15(19)20/h2-5,9,13,16H,1,6-8,10H2,(H,19,20). The van der Waals surface area contributed by atoms with Crippen LogP contribution in [0.4, 0.5) is 0 Å². The van der Waals surface area contributed by atoms with Gasteiger partial charge in [0.25, 0.3) is 5.91 Å². The van der Waals surface area contributed by atoms with Gasteiger partial charge in [0.2, 0.25) is 10.0 Å². The number of benzene rings is 1. The molecule has 130 valence electrons. The summed E-state index contributed by atoms with van der Waals surface area (Å²) < 4.78 is 31.6. The Morgan fingerprint density at radius 2 is 2.21 bits per heavy atom. The number of hydrogen-bond donors (Lipinski definition) is 2. The van der Waals surface area contributed by atoms with E-state index in [0.29, 0.717) is 0 Å². The van der Waals surface area contributed by atoms with E-state index in [1.165, 1.54) is 35.2 Å². The zero-order valence-electron chi connectivity index (χ0n) is 12.8. The number of amides is 1. The molecule has 2 rings (SSSR count). The number of ether oxygens (including phenoxy) is 1. The van der Waals surface area contributed by atoms with E-state index in [1.807, 2.05) is 0 Å². The van der Waals surface area contributed by atoms with Crippen molar-refractivity contribution in [2.45, 2.75) is 10.9 Å². The molecule has 8 nitrogen and oxygen atoms in total. The van der Waals surface area contributed by atoms with Gasteiger partial charge in [0.05, 0.1) is 18.1 Å². The zero-order chi connectivity index (χ0) is 17.7. The van der Waals surface area contributed by atoms with Crippen molar-refractivity contribution in [3.05, 3.63) is 42.5 Å². The van der Waals surface area contributed by atoms with Gasteiger partial charge in [0.15, 0.2) is 6.04 Å². The van der Waals surface area contributed by atoms with Crippen molar-refractivity contribution in [1.82, 2.24) is 9.62 Å². The molecule has 0 spiro atoms. The van der Waals surface area contributed by atoms with Crippen LogP contribution < -0.4 is 4.72 Å². The molecule has 1 fully saturated rings. The summed E-state index contributed by atoms with van der Waals surface area (Å²) in [5, 5.41) is 9.20. The molecule has 1 heterocycles. The lowest BCUT2D eigenvalue weighted by atomic mass is 10.1. The van der Waals surface area contributed by atoms with Crippen LogP contribution in [-0.4, -0.2) is 62.6 Å². The van der Waals surface area contributed by atoms with E-state index in [9.17, 15) is 23.1 Å². The second kappa shape index (κ2) is 7.56. The molecule has 1 atom stereocenters. The van der Waals surface area contributed by atoms with Crippen LogP contribution >= 0.6 is 0 Å². The van der Waals surface area contributed by atoms with Crippen LogP contribution in [0.3, 0.4) is 0 Å². The molecule has 1 aromatic carbocycles. The van der Waals surface area contributed by atoms with Crippen LogP contribution in [0.15, 0.2) is 41.8 Å². The number of morpholine rings is 1. The molecule has 1 aliphatic heterocycles. The molecule has 1 amide bonds. The summed E-state index contributed by atoms with van der Waals surface area (Å²) in [5.41, 5.74) is 0.102. The fourth-order valence-corrected chi connectivity index (χ4v) is 3.31. The third-order valence-electron chi connectivity index (χ3n) is 3.48. The number of carbonyl (C=O) groups excluding carboxylic acids is 1. The molecule has 0 radical (unpaired) electrons. The van der Waals surface area contributed by atoms with Crippen molar-refractivity contribution in [1.29, 1.82) is 0 Å². The van der Waals surface area contributed by atoms with Crippen molar-refractivity contribution < 1.29 is 27.9 Å². The van der Waals surface area contributed by atoms with Crippen molar-refractivity contribution in [3.63, 3.8) is 0 Å². The van der Waals surface area contributed by atoms with Crippen molar-refractivity contribution in [2.75, 3.05) is 26.3 Å². The number of rotatable bonds is 6. The summed E-state index contributed by atoms with van der Waals surface area (Å²) >= 11 is 0. The number of hydrogen-bond acceptors (Lipinski definition) is 5. The molecular weight excluding hydrogens is 336 g/mol. The van der Waals surface area contributed by atoms with Crippen molar-refractivity contribution >= 4 is 21.9 Å². The molecule has 0 aromatic heterocycles. The zero-order valence-corrected chi connectivity index (χ0v) is 13.7. The van der Waals surface area contributed by atoms with E-state index in [-0.39, 0.29) is 36.8 Å². The van der Waals surface area contributed by atoms with E-state index >= 15 is 0 Å². The van der Waals surface area contributed by atoms with Gasteiger partial charge in [0, 0.05) is 18.7 Å². The largest absolute Gasteiger partial charge is 0.480 e. The van der Waals surface area contributed by atoms with Crippen LogP contribution in [0, 0.1) is 0 Å². The fraction of sp³-hybridized carbons (Fsp3) is 0.333. The molecule has 1 unspecified atom stereocenters. The number of nitrogens with zero attached hydrogens (tertiary/aromatic N) is 1. The smallest absolute Gasteiger partial charge is 0.328 e. The number of sulfonamides is 1. The van der Waals surface area contributed by atoms with Crippen LogP contribution in [0.25, 0.3) is 0 Å². The summed E-state index contributed by atoms with van der Waals surface area (Å²) in [6.07, 6.45) is 1.40. The van der Waals surface area contributed by atoms with Crippen LogP contribution in [0.2, 0.25) is 0 Å². The van der Waals surface area contributed by atoms with E-state index in [1.54, 1.807) is 0 Å². The minimum absolute atomic E-state index is 0.0606. The van der Waals surface area contributed by atoms with E-state index in [4.69, 9.17) is 4.74 Å². The minimum atomic E-state index is -3.77. The third kappa shape index (κ3) is 3.99. The first kappa shape index (κ1) is 18.1. The first-order chi connectivity index (χ1) is 11.4. The summed E-state index contributed by atoms with van der Waals surface area (Å²) in [7, 11) is -3.77. The number of carboxylic acids is 1. The number of carboxylic acid groups (broad SMARTS) is 1. The second-order valence-electron chi connectivity index (χ2n) is 5.10. The topological polar surface area (TPSA) is 113 Å². The highest BCUT2D eigenvalue weighted by atomic mass is 32.2. The normalized spacial score (nSPS) is 18.2. The van der Waals surface area contributed by atoms with Gasteiger partial charge in [-0.2, -0.15) is 0 Å². The Morgan fingerprint density at radius 1 is 1.46 bits per heavy atom. The molecule has 1 aromatic rings. The molecule has 1 saturated heterocycles. The SMILES string of the molecule is C=CCNS(=O)(=O)c1cccc(C(=O)N2CCOCC2C(=O)O)c1. The Bertz CT molecular complexity index is 746. The van der Waals surface area contributed by atoms with E-state index < -0.39 is 27.9 Å². The lowest BCUT2D eigenvalue weighted by molar-refractivity contribution is -0.147. The van der Waals surface area contributed by atoms with Crippen LogP contribution in [0.1, 0.15) is 10.4 Å². The lowest BCUT2D eigenvalue weighted by Gasteiger charge is -2.32. The van der Waals surface area contributed by atoms with Crippen LogP contribution in [-0.2, 0) is 19.6 Å². The Hall–Kier alpha value is -2.23. The van der Waals surface area contributed by atoms with Gasteiger partial charge in [-0.05, 0) is 18.2 Å². The summed E-state index contributed by atoms with van der Waals surface area (Å²) in [5.74, 6) is -1.72. The van der Waals surface area contributed by atoms with Crippen molar-refractivity contribution in [2.24, 2.45) is 0 Å².